The van der Waals surface area contributed by atoms with Crippen molar-refractivity contribution in [3.8, 4) is 0 Å². The van der Waals surface area contributed by atoms with Crippen LogP contribution in [0.25, 0.3) is 11.0 Å². The van der Waals surface area contributed by atoms with Crippen LogP contribution in [-0.4, -0.2) is 32.9 Å². The maximum atomic E-state index is 12.5. The van der Waals surface area contributed by atoms with Crippen molar-refractivity contribution in [2.24, 2.45) is 0 Å². The fraction of sp³-hybridized carbons (Fsp3) is 0.391. The second-order valence-corrected chi connectivity index (χ2v) is 8.54. The molecule has 5 nitrogen and oxygen atoms in total. The molecule has 1 aliphatic heterocycles. The van der Waals surface area contributed by atoms with Gasteiger partial charge in [0.1, 0.15) is 5.82 Å². The lowest BCUT2D eigenvalue weighted by molar-refractivity contribution is 0.102. The number of nitrogens with zero attached hydrogens (tertiary/aromatic N) is 3. The second-order valence-electron chi connectivity index (χ2n) is 8.11. The Morgan fingerprint density at radius 1 is 1.03 bits per heavy atom. The van der Waals surface area contributed by atoms with E-state index in [1.54, 1.807) is 24.3 Å². The van der Waals surface area contributed by atoms with Crippen LogP contribution in [0.1, 0.15) is 48.3 Å². The summed E-state index contributed by atoms with van der Waals surface area (Å²) in [5, 5.41) is 3.59. The van der Waals surface area contributed by atoms with Gasteiger partial charge in [0, 0.05) is 35.4 Å². The van der Waals surface area contributed by atoms with Crippen molar-refractivity contribution in [1.82, 2.24) is 14.5 Å². The zero-order valence-electron chi connectivity index (χ0n) is 16.4. The van der Waals surface area contributed by atoms with Gasteiger partial charge in [-0.05, 0) is 55.3 Å². The molecule has 3 aromatic rings. The molecule has 0 spiro atoms. The summed E-state index contributed by atoms with van der Waals surface area (Å²) >= 11 is 5.91. The topological polar surface area (TPSA) is 50.2 Å². The van der Waals surface area contributed by atoms with Crippen LogP contribution in [0.4, 0.5) is 5.69 Å². The largest absolute Gasteiger partial charge is 0.326 e. The average Bonchev–Trinajstić information content (AvgIpc) is 3.11. The van der Waals surface area contributed by atoms with Crippen LogP contribution < -0.4 is 5.32 Å². The van der Waals surface area contributed by atoms with Crippen LogP contribution in [0.5, 0.6) is 0 Å². The summed E-state index contributed by atoms with van der Waals surface area (Å²) in [6.45, 7) is 3.00. The molecular weight excluding hydrogens is 384 g/mol. The highest BCUT2D eigenvalue weighted by Gasteiger charge is 2.26. The number of rotatable bonds is 3. The Kier molecular flexibility index (Phi) is 5.02. The molecule has 1 aliphatic carbocycles. The second kappa shape index (κ2) is 7.81. The smallest absolute Gasteiger partial charge is 0.255 e. The molecule has 1 fully saturated rings. The average molecular weight is 409 g/mol. The number of hydrogen-bond acceptors (Lipinski definition) is 3. The minimum atomic E-state index is -0.145. The van der Waals surface area contributed by atoms with Crippen molar-refractivity contribution in [1.29, 1.82) is 0 Å². The first-order valence-electron chi connectivity index (χ1n) is 10.5. The fourth-order valence-corrected chi connectivity index (χ4v) is 4.81. The zero-order chi connectivity index (χ0) is 19.8. The third-order valence-corrected chi connectivity index (χ3v) is 6.49. The molecule has 1 saturated carbocycles. The maximum absolute atomic E-state index is 12.5. The molecule has 0 saturated heterocycles. The molecule has 5 rings (SSSR count). The predicted octanol–water partition coefficient (Wildman–Crippen LogP) is 5.09. The van der Waals surface area contributed by atoms with Crippen LogP contribution in [-0.2, 0) is 13.1 Å². The van der Waals surface area contributed by atoms with Gasteiger partial charge in [-0.1, -0.05) is 30.9 Å². The highest BCUT2D eigenvalue weighted by Crippen LogP contribution is 2.28. The monoisotopic (exact) mass is 408 g/mol. The summed E-state index contributed by atoms with van der Waals surface area (Å²) in [6.07, 6.45) is 6.73. The van der Waals surface area contributed by atoms with Gasteiger partial charge in [-0.2, -0.15) is 0 Å². The molecular formula is C23H25ClN4O. The Morgan fingerprint density at radius 3 is 2.62 bits per heavy atom. The number of benzene rings is 2. The number of carbonyl (C=O) groups is 1. The highest BCUT2D eigenvalue weighted by molar-refractivity contribution is 6.30. The van der Waals surface area contributed by atoms with Gasteiger partial charge >= 0.3 is 0 Å². The van der Waals surface area contributed by atoms with E-state index < -0.39 is 0 Å². The molecule has 2 aromatic carbocycles. The first kappa shape index (κ1) is 18.6. The molecule has 0 bridgehead atoms. The summed E-state index contributed by atoms with van der Waals surface area (Å²) in [5.74, 6) is 0.992. The van der Waals surface area contributed by atoms with E-state index in [0.29, 0.717) is 16.6 Å². The van der Waals surface area contributed by atoms with Crippen LogP contribution in [0, 0.1) is 0 Å². The van der Waals surface area contributed by atoms with Crippen LogP contribution in [0.15, 0.2) is 42.5 Å². The van der Waals surface area contributed by atoms with Crippen molar-refractivity contribution in [3.63, 3.8) is 0 Å². The first-order valence-corrected chi connectivity index (χ1v) is 10.9. The third-order valence-electron chi connectivity index (χ3n) is 6.24. The quantitative estimate of drug-likeness (QED) is 0.656. The number of halogens is 1. The van der Waals surface area contributed by atoms with Crippen molar-refractivity contribution in [3.05, 3.63) is 58.9 Å². The third kappa shape index (κ3) is 3.77. The van der Waals surface area contributed by atoms with Gasteiger partial charge in [0.25, 0.3) is 5.91 Å². The molecule has 29 heavy (non-hydrogen) atoms. The Hall–Kier alpha value is -2.37. The number of aromatic nitrogens is 2. The lowest BCUT2D eigenvalue weighted by atomic mass is 9.94. The molecule has 1 aromatic heterocycles. The van der Waals surface area contributed by atoms with Gasteiger partial charge in [0.2, 0.25) is 0 Å². The SMILES string of the molecule is O=C(Nc1ccc2c(c1)nc1n2CCN(C2CCCCC2)C1)c1ccc(Cl)cc1. The molecule has 1 N–H and O–H groups in total. The lowest BCUT2D eigenvalue weighted by Gasteiger charge is -2.36. The summed E-state index contributed by atoms with van der Waals surface area (Å²) in [6, 6.07) is 13.6. The van der Waals surface area contributed by atoms with Crippen molar-refractivity contribution in [2.75, 3.05) is 11.9 Å². The van der Waals surface area contributed by atoms with Gasteiger partial charge in [-0.15, -0.1) is 0 Å². The number of imidazole rings is 1. The Bertz CT molecular complexity index is 1040. The number of fused-ring (bicyclic) bond motifs is 3. The molecule has 0 atom stereocenters. The number of amides is 1. The van der Waals surface area contributed by atoms with Crippen LogP contribution in [0.2, 0.25) is 5.02 Å². The number of nitrogens with one attached hydrogen (secondary N) is 1. The predicted molar refractivity (Wildman–Crippen MR) is 116 cm³/mol. The molecule has 1 amide bonds. The van der Waals surface area contributed by atoms with E-state index >= 15 is 0 Å². The first-order chi connectivity index (χ1) is 14.2. The van der Waals surface area contributed by atoms with Gasteiger partial charge in [-0.3, -0.25) is 9.69 Å². The van der Waals surface area contributed by atoms with Gasteiger partial charge in [-0.25, -0.2) is 4.98 Å². The molecule has 6 heteroatoms. The van der Waals surface area contributed by atoms with E-state index in [-0.39, 0.29) is 5.91 Å². The normalized spacial score (nSPS) is 18.0. The minimum Gasteiger partial charge on any atom is -0.326 e. The van der Waals surface area contributed by atoms with E-state index in [9.17, 15) is 4.79 Å². The zero-order valence-corrected chi connectivity index (χ0v) is 17.2. The van der Waals surface area contributed by atoms with E-state index in [4.69, 9.17) is 16.6 Å². The molecule has 2 heterocycles. The number of carbonyl (C=O) groups excluding carboxylic acids is 1. The number of anilines is 1. The fourth-order valence-electron chi connectivity index (χ4n) is 4.68. The summed E-state index contributed by atoms with van der Waals surface area (Å²) in [4.78, 5) is 20.0. The van der Waals surface area contributed by atoms with Crippen molar-refractivity contribution >= 4 is 34.2 Å². The van der Waals surface area contributed by atoms with Crippen molar-refractivity contribution < 1.29 is 4.79 Å². The lowest BCUT2D eigenvalue weighted by Crippen LogP contribution is -2.42. The Morgan fingerprint density at radius 2 is 1.83 bits per heavy atom. The minimum absolute atomic E-state index is 0.145. The standard InChI is InChI=1S/C23H25ClN4O/c24-17-8-6-16(7-9-17)23(29)25-18-10-11-21-20(14-18)26-22-15-27(12-13-28(21)22)19-4-2-1-3-5-19/h6-11,14,19H,1-5,12-13,15H2,(H,25,29). The van der Waals surface area contributed by atoms with E-state index in [0.717, 1.165) is 42.2 Å². The van der Waals surface area contributed by atoms with Gasteiger partial charge in [0.15, 0.2) is 0 Å². The maximum Gasteiger partial charge on any atom is 0.255 e. The molecule has 0 unspecified atom stereocenters. The van der Waals surface area contributed by atoms with E-state index in [1.165, 1.54) is 32.1 Å². The molecule has 150 valence electrons. The summed E-state index contributed by atoms with van der Waals surface area (Å²) < 4.78 is 2.33. The Labute approximate surface area is 175 Å². The highest BCUT2D eigenvalue weighted by atomic mass is 35.5. The van der Waals surface area contributed by atoms with Crippen LogP contribution >= 0.6 is 11.6 Å². The van der Waals surface area contributed by atoms with Gasteiger partial charge < -0.3 is 9.88 Å². The van der Waals surface area contributed by atoms with E-state index in [2.05, 4.69) is 20.9 Å². The van der Waals surface area contributed by atoms with Crippen molar-refractivity contribution in [2.45, 2.75) is 51.2 Å². The molecule has 2 aliphatic rings. The summed E-state index contributed by atoms with van der Waals surface area (Å²) in [7, 11) is 0. The number of hydrogen-bond donors (Lipinski definition) is 1. The van der Waals surface area contributed by atoms with E-state index in [1.807, 2.05) is 12.1 Å². The van der Waals surface area contributed by atoms with Gasteiger partial charge in [0.05, 0.1) is 17.6 Å². The Balaban J connectivity index is 1.35. The molecule has 0 radical (unpaired) electrons. The summed E-state index contributed by atoms with van der Waals surface area (Å²) in [5.41, 5.74) is 3.44. The van der Waals surface area contributed by atoms with Crippen LogP contribution in [0.3, 0.4) is 0 Å².